The molecular weight excluding hydrogens is 318 g/mol. The lowest BCUT2D eigenvalue weighted by Gasteiger charge is -2.38. The first-order valence-electron chi connectivity index (χ1n) is 9.88. The van der Waals surface area contributed by atoms with E-state index in [1.165, 1.54) is 37.0 Å². The van der Waals surface area contributed by atoms with Crippen molar-refractivity contribution in [2.75, 3.05) is 6.54 Å². The van der Waals surface area contributed by atoms with E-state index < -0.39 is 23.7 Å². The van der Waals surface area contributed by atoms with Crippen molar-refractivity contribution in [1.82, 2.24) is 4.90 Å². The molecule has 0 aromatic rings. The number of hydrogen-bond donors (Lipinski definition) is 1. The van der Waals surface area contributed by atoms with Gasteiger partial charge >= 0.3 is 12.1 Å². The SMILES string of the molecule is CC1CCC(CCC2CCN(C(=O)OC(C)(C)C)C(C(=O)O)C2)CC1. The smallest absolute Gasteiger partial charge is 0.411 e. The number of carboxylic acid groups (broad SMARTS) is 1. The Kier molecular flexibility index (Phi) is 6.75. The molecule has 1 saturated heterocycles. The van der Waals surface area contributed by atoms with Gasteiger partial charge in [-0.15, -0.1) is 0 Å². The van der Waals surface area contributed by atoms with Gasteiger partial charge in [-0.1, -0.05) is 45.4 Å². The maximum atomic E-state index is 12.3. The molecule has 0 aromatic carbocycles. The molecule has 2 fully saturated rings. The predicted octanol–water partition coefficient (Wildman–Crippen LogP) is 4.69. The number of rotatable bonds is 4. The molecule has 1 saturated carbocycles. The minimum absolute atomic E-state index is 0.402. The highest BCUT2D eigenvalue weighted by atomic mass is 16.6. The molecule has 1 aliphatic carbocycles. The zero-order chi connectivity index (χ0) is 18.6. The van der Waals surface area contributed by atoms with Gasteiger partial charge in [-0.25, -0.2) is 9.59 Å². The van der Waals surface area contributed by atoms with Gasteiger partial charge in [0, 0.05) is 6.54 Å². The van der Waals surface area contributed by atoms with Gasteiger partial charge in [-0.2, -0.15) is 0 Å². The molecule has 144 valence electrons. The van der Waals surface area contributed by atoms with Crippen LogP contribution in [0, 0.1) is 17.8 Å². The van der Waals surface area contributed by atoms with Gasteiger partial charge in [0.05, 0.1) is 0 Å². The van der Waals surface area contributed by atoms with Gasteiger partial charge in [0.15, 0.2) is 0 Å². The number of aliphatic carboxylic acids is 1. The lowest BCUT2D eigenvalue weighted by molar-refractivity contribution is -0.145. The average molecular weight is 354 g/mol. The summed E-state index contributed by atoms with van der Waals surface area (Å²) in [5.74, 6) is 1.16. The molecule has 0 aromatic heterocycles. The van der Waals surface area contributed by atoms with Crippen LogP contribution in [0.3, 0.4) is 0 Å². The Morgan fingerprint density at radius 3 is 2.20 bits per heavy atom. The van der Waals surface area contributed by atoms with Crippen molar-refractivity contribution in [2.45, 2.75) is 90.7 Å². The number of nitrogens with zero attached hydrogens (tertiary/aromatic N) is 1. The highest BCUT2D eigenvalue weighted by Gasteiger charge is 2.38. The van der Waals surface area contributed by atoms with E-state index in [4.69, 9.17) is 4.74 Å². The third kappa shape index (κ3) is 6.19. The molecule has 1 N–H and O–H groups in total. The molecule has 0 bridgehead atoms. The van der Waals surface area contributed by atoms with Gasteiger partial charge in [0.25, 0.3) is 0 Å². The van der Waals surface area contributed by atoms with Crippen molar-refractivity contribution >= 4 is 12.1 Å². The minimum Gasteiger partial charge on any atom is -0.480 e. The van der Waals surface area contributed by atoms with Gasteiger partial charge in [-0.05, 0) is 51.4 Å². The second-order valence-corrected chi connectivity index (χ2v) is 9.12. The van der Waals surface area contributed by atoms with E-state index >= 15 is 0 Å². The summed E-state index contributed by atoms with van der Waals surface area (Å²) >= 11 is 0. The molecule has 1 heterocycles. The molecule has 2 aliphatic rings. The minimum atomic E-state index is -0.915. The normalized spacial score (nSPS) is 30.8. The second-order valence-electron chi connectivity index (χ2n) is 9.12. The van der Waals surface area contributed by atoms with Crippen LogP contribution >= 0.6 is 0 Å². The van der Waals surface area contributed by atoms with Gasteiger partial charge < -0.3 is 9.84 Å². The Balaban J connectivity index is 1.85. The Morgan fingerprint density at radius 2 is 1.64 bits per heavy atom. The summed E-state index contributed by atoms with van der Waals surface area (Å²) in [6.45, 7) is 8.23. The van der Waals surface area contributed by atoms with E-state index in [-0.39, 0.29) is 0 Å². The van der Waals surface area contributed by atoms with Crippen LogP contribution < -0.4 is 0 Å². The van der Waals surface area contributed by atoms with Crippen LogP contribution in [0.1, 0.15) is 79.1 Å². The lowest BCUT2D eigenvalue weighted by atomic mass is 9.78. The van der Waals surface area contributed by atoms with Crippen LogP contribution in [0.25, 0.3) is 0 Å². The summed E-state index contributed by atoms with van der Waals surface area (Å²) in [5.41, 5.74) is -0.602. The first-order valence-corrected chi connectivity index (χ1v) is 9.88. The summed E-state index contributed by atoms with van der Waals surface area (Å²) < 4.78 is 5.38. The Morgan fingerprint density at radius 1 is 1.04 bits per heavy atom. The second kappa shape index (κ2) is 8.41. The number of amides is 1. The summed E-state index contributed by atoms with van der Waals surface area (Å²) in [4.78, 5) is 25.4. The van der Waals surface area contributed by atoms with Crippen molar-refractivity contribution in [3.05, 3.63) is 0 Å². The highest BCUT2D eigenvalue weighted by Crippen LogP contribution is 2.35. The van der Waals surface area contributed by atoms with Crippen LogP contribution in [-0.4, -0.2) is 40.3 Å². The Labute approximate surface area is 152 Å². The molecule has 25 heavy (non-hydrogen) atoms. The van der Waals surface area contributed by atoms with Gasteiger partial charge in [-0.3, -0.25) is 4.90 Å². The molecule has 1 amide bonds. The van der Waals surface area contributed by atoms with Crippen LogP contribution in [-0.2, 0) is 9.53 Å². The fourth-order valence-corrected chi connectivity index (χ4v) is 4.16. The van der Waals surface area contributed by atoms with Crippen LogP contribution in [0.15, 0.2) is 0 Å². The third-order valence-corrected chi connectivity index (χ3v) is 5.74. The largest absolute Gasteiger partial charge is 0.480 e. The van der Waals surface area contributed by atoms with Gasteiger partial charge in [0.2, 0.25) is 0 Å². The first kappa shape index (κ1) is 20.1. The van der Waals surface area contributed by atoms with E-state index in [0.29, 0.717) is 18.9 Å². The summed E-state index contributed by atoms with van der Waals surface area (Å²) in [6.07, 6.45) is 8.53. The van der Waals surface area contributed by atoms with Crippen molar-refractivity contribution in [3.8, 4) is 0 Å². The molecule has 0 radical (unpaired) electrons. The molecule has 5 heteroatoms. The number of carbonyl (C=O) groups is 2. The summed E-state index contributed by atoms with van der Waals surface area (Å²) in [7, 11) is 0. The topological polar surface area (TPSA) is 66.8 Å². The molecule has 5 nitrogen and oxygen atoms in total. The molecular formula is C20H35NO4. The van der Waals surface area contributed by atoms with Crippen molar-refractivity contribution in [1.29, 1.82) is 0 Å². The zero-order valence-electron chi connectivity index (χ0n) is 16.3. The molecule has 1 aliphatic heterocycles. The van der Waals surface area contributed by atoms with Crippen molar-refractivity contribution in [2.24, 2.45) is 17.8 Å². The Hall–Kier alpha value is -1.26. The number of carboxylic acids is 1. The zero-order valence-corrected chi connectivity index (χ0v) is 16.3. The molecule has 2 atom stereocenters. The summed E-state index contributed by atoms with van der Waals surface area (Å²) in [5, 5.41) is 9.57. The van der Waals surface area contributed by atoms with E-state index in [2.05, 4.69) is 6.92 Å². The van der Waals surface area contributed by atoms with Crippen LogP contribution in [0.5, 0.6) is 0 Å². The molecule has 0 spiro atoms. The van der Waals surface area contributed by atoms with E-state index in [1.54, 1.807) is 20.8 Å². The maximum absolute atomic E-state index is 12.3. The number of carbonyl (C=O) groups excluding carboxylic acids is 1. The lowest BCUT2D eigenvalue weighted by Crippen LogP contribution is -2.51. The number of piperidine rings is 1. The fraction of sp³-hybridized carbons (Fsp3) is 0.900. The van der Waals surface area contributed by atoms with Crippen molar-refractivity contribution in [3.63, 3.8) is 0 Å². The first-order chi connectivity index (χ1) is 11.7. The maximum Gasteiger partial charge on any atom is 0.411 e. The molecule has 2 unspecified atom stereocenters. The highest BCUT2D eigenvalue weighted by molar-refractivity contribution is 5.80. The monoisotopic (exact) mass is 353 g/mol. The number of likely N-dealkylation sites (tertiary alicyclic amines) is 1. The molecule has 2 rings (SSSR count). The predicted molar refractivity (Wildman–Crippen MR) is 97.4 cm³/mol. The third-order valence-electron chi connectivity index (χ3n) is 5.74. The fourth-order valence-electron chi connectivity index (χ4n) is 4.16. The number of hydrogen-bond acceptors (Lipinski definition) is 3. The van der Waals surface area contributed by atoms with Crippen LogP contribution in [0.2, 0.25) is 0 Å². The van der Waals surface area contributed by atoms with E-state index in [0.717, 1.165) is 24.7 Å². The van der Waals surface area contributed by atoms with Gasteiger partial charge in [0.1, 0.15) is 11.6 Å². The quantitative estimate of drug-likeness (QED) is 0.796. The van der Waals surface area contributed by atoms with Crippen molar-refractivity contribution < 1.29 is 19.4 Å². The van der Waals surface area contributed by atoms with E-state index in [9.17, 15) is 14.7 Å². The van der Waals surface area contributed by atoms with E-state index in [1.807, 2.05) is 0 Å². The standard InChI is InChI=1S/C20H35NO4/c1-14-5-7-15(8-6-14)9-10-16-11-12-21(17(13-16)18(22)23)19(24)25-20(2,3)4/h14-17H,5-13H2,1-4H3,(H,22,23). The number of ether oxygens (including phenoxy) is 1. The Bertz CT molecular complexity index is 463. The summed E-state index contributed by atoms with van der Waals surface area (Å²) in [6, 6.07) is -0.750. The van der Waals surface area contributed by atoms with Crippen LogP contribution in [0.4, 0.5) is 4.79 Å². The average Bonchev–Trinajstić information content (AvgIpc) is 2.52.